The van der Waals surface area contributed by atoms with Crippen molar-refractivity contribution in [3.8, 4) is 0 Å². The largest absolute Gasteiger partial charge is 0.383 e. The summed E-state index contributed by atoms with van der Waals surface area (Å²) in [5.74, 6) is 1.51. The topological polar surface area (TPSA) is 51.8 Å². The zero-order valence-corrected chi connectivity index (χ0v) is 12.6. The summed E-state index contributed by atoms with van der Waals surface area (Å²) in [6.07, 6.45) is 4.65. The molecule has 2 N–H and O–H groups in total. The van der Waals surface area contributed by atoms with E-state index in [-0.39, 0.29) is 5.41 Å². The summed E-state index contributed by atoms with van der Waals surface area (Å²) < 4.78 is 0. The first kappa shape index (κ1) is 12.8. The molecule has 1 saturated carbocycles. The molecule has 2 aromatic heterocycles. The third-order valence-corrected chi connectivity index (χ3v) is 5.37. The van der Waals surface area contributed by atoms with Gasteiger partial charge in [0.05, 0.1) is 10.8 Å². The highest BCUT2D eigenvalue weighted by molar-refractivity contribution is 7.16. The lowest BCUT2D eigenvalue weighted by molar-refractivity contribution is 0.502. The van der Waals surface area contributed by atoms with Crippen molar-refractivity contribution < 1.29 is 0 Å². The van der Waals surface area contributed by atoms with Gasteiger partial charge >= 0.3 is 0 Å². The van der Waals surface area contributed by atoms with Crippen LogP contribution in [0, 0.1) is 0 Å². The highest BCUT2D eigenvalue weighted by Crippen LogP contribution is 2.45. The molecule has 0 bridgehead atoms. The van der Waals surface area contributed by atoms with E-state index in [4.69, 9.17) is 10.7 Å². The third kappa shape index (κ3) is 1.94. The zero-order chi connectivity index (χ0) is 14.3. The average Bonchev–Trinajstić information content (AvgIpc) is 3.18. The zero-order valence-electron chi connectivity index (χ0n) is 11.7. The maximum Gasteiger partial charge on any atom is 0.142 e. The minimum absolute atomic E-state index is 0.0619. The maximum atomic E-state index is 6.16. The van der Waals surface area contributed by atoms with Gasteiger partial charge < -0.3 is 5.73 Å². The number of anilines is 1. The van der Waals surface area contributed by atoms with Gasteiger partial charge in [-0.05, 0) is 29.9 Å². The lowest BCUT2D eigenvalue weighted by Gasteiger charge is -2.28. The lowest BCUT2D eigenvalue weighted by atomic mass is 9.78. The van der Waals surface area contributed by atoms with Gasteiger partial charge in [0.2, 0.25) is 0 Å². The summed E-state index contributed by atoms with van der Waals surface area (Å²) in [4.78, 5) is 10.5. The van der Waals surface area contributed by atoms with Crippen LogP contribution < -0.4 is 5.73 Å². The van der Waals surface area contributed by atoms with Crippen molar-refractivity contribution in [2.45, 2.75) is 31.1 Å². The molecule has 0 unspecified atom stereocenters. The molecule has 1 aliphatic carbocycles. The molecule has 106 valence electrons. The van der Waals surface area contributed by atoms with Crippen LogP contribution in [0.1, 0.15) is 37.1 Å². The summed E-state index contributed by atoms with van der Waals surface area (Å²) in [7, 11) is 0. The molecule has 0 atom stereocenters. The predicted octanol–water partition coefficient (Wildman–Crippen LogP) is 4.13. The van der Waals surface area contributed by atoms with Crippen LogP contribution in [0.15, 0.2) is 41.8 Å². The Kier molecular flexibility index (Phi) is 2.93. The Hall–Kier alpha value is -1.94. The molecule has 0 saturated heterocycles. The van der Waals surface area contributed by atoms with Crippen LogP contribution in [-0.2, 0) is 5.41 Å². The van der Waals surface area contributed by atoms with Crippen LogP contribution in [0.3, 0.4) is 0 Å². The Morgan fingerprint density at radius 2 is 1.76 bits per heavy atom. The number of aromatic nitrogens is 2. The van der Waals surface area contributed by atoms with Gasteiger partial charge in [-0.25, -0.2) is 9.97 Å². The molecule has 0 amide bonds. The second kappa shape index (κ2) is 4.81. The molecule has 4 rings (SSSR count). The molecule has 0 aliphatic heterocycles. The van der Waals surface area contributed by atoms with Gasteiger partial charge in [0.25, 0.3) is 0 Å². The lowest BCUT2D eigenvalue weighted by Crippen LogP contribution is -2.27. The molecule has 1 fully saturated rings. The van der Waals surface area contributed by atoms with E-state index in [2.05, 4.69) is 35.3 Å². The standard InChI is InChI=1S/C17H17N3S/c18-14-13-8-11-21-15(13)20-16(19-14)17(9-4-5-10-17)12-6-2-1-3-7-12/h1-3,6-8,11H,4-5,9-10H2,(H2,18,19,20). The first-order valence-corrected chi connectivity index (χ1v) is 8.24. The minimum atomic E-state index is -0.0619. The third-order valence-electron chi connectivity index (χ3n) is 4.57. The Labute approximate surface area is 127 Å². The first-order valence-electron chi connectivity index (χ1n) is 7.36. The van der Waals surface area contributed by atoms with Crippen LogP contribution in [0.5, 0.6) is 0 Å². The molecule has 1 aromatic carbocycles. The van der Waals surface area contributed by atoms with Crippen molar-refractivity contribution in [2.75, 3.05) is 5.73 Å². The molecule has 21 heavy (non-hydrogen) atoms. The molecule has 0 radical (unpaired) electrons. The fraction of sp³-hybridized carbons (Fsp3) is 0.294. The average molecular weight is 295 g/mol. The quantitative estimate of drug-likeness (QED) is 0.773. The van der Waals surface area contributed by atoms with Gasteiger partial charge in [-0.3, -0.25) is 0 Å². The second-order valence-corrected chi connectivity index (χ2v) is 6.62. The van der Waals surface area contributed by atoms with Gasteiger partial charge in [-0.1, -0.05) is 43.2 Å². The number of rotatable bonds is 2. The number of nitrogens with zero attached hydrogens (tertiary/aromatic N) is 2. The molecule has 4 heteroatoms. The van der Waals surface area contributed by atoms with Crippen molar-refractivity contribution in [1.29, 1.82) is 0 Å². The van der Waals surface area contributed by atoms with Gasteiger partial charge in [-0.15, -0.1) is 11.3 Å². The number of nitrogens with two attached hydrogens (primary N) is 1. The number of thiophene rings is 1. The number of benzene rings is 1. The van der Waals surface area contributed by atoms with Crippen molar-refractivity contribution in [2.24, 2.45) is 0 Å². The van der Waals surface area contributed by atoms with Crippen LogP contribution in [0.25, 0.3) is 10.2 Å². The molecule has 2 heterocycles. The second-order valence-electron chi connectivity index (χ2n) is 5.73. The number of hydrogen-bond donors (Lipinski definition) is 1. The van der Waals surface area contributed by atoms with Crippen molar-refractivity contribution >= 4 is 27.4 Å². The SMILES string of the molecule is Nc1nc(C2(c3ccccc3)CCCC2)nc2sccc12. The molecule has 1 aliphatic rings. The first-order chi connectivity index (χ1) is 10.3. The van der Waals surface area contributed by atoms with Gasteiger partial charge in [0.1, 0.15) is 16.5 Å². The molecule has 3 aromatic rings. The molecular formula is C17H17N3S. The van der Waals surface area contributed by atoms with E-state index < -0.39 is 0 Å². The van der Waals surface area contributed by atoms with E-state index >= 15 is 0 Å². The monoisotopic (exact) mass is 295 g/mol. The molecule has 0 spiro atoms. The summed E-state index contributed by atoms with van der Waals surface area (Å²) in [5, 5.41) is 3.01. The predicted molar refractivity (Wildman–Crippen MR) is 87.5 cm³/mol. The Morgan fingerprint density at radius 1 is 1.00 bits per heavy atom. The Balaban J connectivity index is 1.94. The van der Waals surface area contributed by atoms with Gasteiger partial charge in [-0.2, -0.15) is 0 Å². The van der Waals surface area contributed by atoms with Crippen LogP contribution in [0.4, 0.5) is 5.82 Å². The normalized spacial score (nSPS) is 17.3. The Morgan fingerprint density at radius 3 is 2.52 bits per heavy atom. The fourth-order valence-corrected chi connectivity index (χ4v) is 4.24. The highest BCUT2D eigenvalue weighted by atomic mass is 32.1. The Bertz CT molecular complexity index is 773. The van der Waals surface area contributed by atoms with Crippen LogP contribution >= 0.6 is 11.3 Å². The summed E-state index contributed by atoms with van der Waals surface area (Å²) in [6.45, 7) is 0. The summed E-state index contributed by atoms with van der Waals surface area (Å²) >= 11 is 1.64. The van der Waals surface area contributed by atoms with Gasteiger partial charge in [0, 0.05) is 0 Å². The van der Waals surface area contributed by atoms with Crippen LogP contribution in [-0.4, -0.2) is 9.97 Å². The summed E-state index contributed by atoms with van der Waals surface area (Å²) in [5.41, 5.74) is 7.42. The number of fused-ring (bicyclic) bond motifs is 1. The van der Waals surface area contributed by atoms with E-state index in [9.17, 15) is 0 Å². The molecular weight excluding hydrogens is 278 g/mol. The number of nitrogen functional groups attached to an aromatic ring is 1. The van der Waals surface area contributed by atoms with Crippen LogP contribution in [0.2, 0.25) is 0 Å². The van der Waals surface area contributed by atoms with Crippen molar-refractivity contribution in [1.82, 2.24) is 9.97 Å². The highest BCUT2D eigenvalue weighted by Gasteiger charge is 2.40. The van der Waals surface area contributed by atoms with Crippen molar-refractivity contribution in [3.63, 3.8) is 0 Å². The number of hydrogen-bond acceptors (Lipinski definition) is 4. The maximum absolute atomic E-state index is 6.16. The minimum Gasteiger partial charge on any atom is -0.383 e. The van der Waals surface area contributed by atoms with Gasteiger partial charge in [0.15, 0.2) is 0 Å². The van der Waals surface area contributed by atoms with E-state index in [1.807, 2.05) is 11.4 Å². The molecule has 3 nitrogen and oxygen atoms in total. The van der Waals surface area contributed by atoms with E-state index in [1.54, 1.807) is 11.3 Å². The van der Waals surface area contributed by atoms with E-state index in [0.717, 1.165) is 28.9 Å². The van der Waals surface area contributed by atoms with E-state index in [1.165, 1.54) is 18.4 Å². The van der Waals surface area contributed by atoms with E-state index in [0.29, 0.717) is 5.82 Å². The smallest absolute Gasteiger partial charge is 0.142 e. The fourth-order valence-electron chi connectivity index (χ4n) is 3.47. The summed E-state index contributed by atoms with van der Waals surface area (Å²) in [6, 6.07) is 12.7. The van der Waals surface area contributed by atoms with Crippen molar-refractivity contribution in [3.05, 3.63) is 53.2 Å².